The summed E-state index contributed by atoms with van der Waals surface area (Å²) in [6.45, 7) is 3.41. The fourth-order valence-electron chi connectivity index (χ4n) is 1.26. The quantitative estimate of drug-likeness (QED) is 0.594. The third-order valence-corrected chi connectivity index (χ3v) is 1.81. The average Bonchev–Trinajstić information content (AvgIpc) is 1.91. The second-order valence-corrected chi connectivity index (χ2v) is 2.65. The van der Waals surface area contributed by atoms with Crippen LogP contribution in [0.4, 0.5) is 0 Å². The maximum Gasteiger partial charge on any atom is 0.0146 e. The monoisotopic (exact) mass is 125 g/mol. The van der Waals surface area contributed by atoms with Crippen LogP contribution in [-0.4, -0.2) is 6.54 Å². The van der Waals surface area contributed by atoms with Gasteiger partial charge in [-0.3, -0.25) is 0 Å². The van der Waals surface area contributed by atoms with E-state index in [1.807, 2.05) is 0 Å². The van der Waals surface area contributed by atoms with Gasteiger partial charge in [0.1, 0.15) is 0 Å². The summed E-state index contributed by atoms with van der Waals surface area (Å²) in [6.07, 6.45) is 8.37. The van der Waals surface area contributed by atoms with Crippen molar-refractivity contribution in [2.75, 3.05) is 6.54 Å². The van der Waals surface area contributed by atoms with Crippen LogP contribution in [0.3, 0.4) is 0 Å². The molecular formula is C8H15N. The van der Waals surface area contributed by atoms with Crippen LogP contribution in [0.1, 0.15) is 26.2 Å². The predicted molar refractivity (Wildman–Crippen MR) is 40.2 cm³/mol. The van der Waals surface area contributed by atoms with E-state index in [9.17, 15) is 0 Å². The Morgan fingerprint density at radius 1 is 1.67 bits per heavy atom. The first-order valence-electron chi connectivity index (χ1n) is 3.83. The molecule has 0 aliphatic carbocycles. The molecule has 1 heterocycles. The fraction of sp³-hybridized carbons (Fsp3) is 0.750. The van der Waals surface area contributed by atoms with Crippen molar-refractivity contribution in [3.63, 3.8) is 0 Å². The lowest BCUT2D eigenvalue weighted by atomic mass is 9.98. The number of hydrogen-bond donors (Lipinski definition) is 1. The van der Waals surface area contributed by atoms with Crippen molar-refractivity contribution in [2.24, 2.45) is 5.92 Å². The molecule has 0 radical (unpaired) electrons. The van der Waals surface area contributed by atoms with Gasteiger partial charge in [-0.2, -0.15) is 0 Å². The van der Waals surface area contributed by atoms with Crippen molar-refractivity contribution in [3.8, 4) is 0 Å². The van der Waals surface area contributed by atoms with Crippen molar-refractivity contribution in [1.82, 2.24) is 5.32 Å². The first-order chi connectivity index (χ1) is 4.43. The highest BCUT2D eigenvalue weighted by Gasteiger charge is 2.04. The molecule has 0 unspecified atom stereocenters. The number of nitrogens with one attached hydrogen (secondary N) is 1. The van der Waals surface area contributed by atoms with Gasteiger partial charge < -0.3 is 5.32 Å². The van der Waals surface area contributed by atoms with E-state index in [1.165, 1.54) is 25.8 Å². The SMILES string of the molecule is CCC[C@H]1C=CNCC1. The highest BCUT2D eigenvalue weighted by Crippen LogP contribution is 2.13. The summed E-state index contributed by atoms with van der Waals surface area (Å²) in [5.74, 6) is 0.858. The lowest BCUT2D eigenvalue weighted by molar-refractivity contribution is 0.505. The average molecular weight is 125 g/mol. The van der Waals surface area contributed by atoms with Gasteiger partial charge in [-0.1, -0.05) is 19.4 Å². The maximum absolute atomic E-state index is 3.19. The molecule has 1 N–H and O–H groups in total. The van der Waals surface area contributed by atoms with E-state index in [4.69, 9.17) is 0 Å². The van der Waals surface area contributed by atoms with Crippen LogP contribution in [0.2, 0.25) is 0 Å². The van der Waals surface area contributed by atoms with Crippen molar-refractivity contribution < 1.29 is 0 Å². The van der Waals surface area contributed by atoms with E-state index in [1.54, 1.807) is 0 Å². The summed E-state index contributed by atoms with van der Waals surface area (Å²) in [5.41, 5.74) is 0. The lowest BCUT2D eigenvalue weighted by Crippen LogP contribution is -2.16. The maximum atomic E-state index is 3.19. The standard InChI is InChI=1S/C8H15N/c1-2-3-8-4-6-9-7-5-8/h4,6,8-9H,2-3,5,7H2,1H3/t8-/m0/s1. The molecule has 0 fully saturated rings. The van der Waals surface area contributed by atoms with Gasteiger partial charge in [-0.15, -0.1) is 0 Å². The second kappa shape index (κ2) is 3.54. The Balaban J connectivity index is 2.23. The molecule has 1 heteroatoms. The third kappa shape index (κ3) is 2.08. The summed E-state index contributed by atoms with van der Waals surface area (Å²) in [5, 5.41) is 3.19. The molecule has 0 bridgehead atoms. The highest BCUT2D eigenvalue weighted by atomic mass is 14.8. The Hall–Kier alpha value is -0.460. The number of allylic oxidation sites excluding steroid dienone is 1. The van der Waals surface area contributed by atoms with E-state index in [0.29, 0.717) is 0 Å². The molecule has 1 aliphatic rings. The van der Waals surface area contributed by atoms with E-state index in [2.05, 4.69) is 24.5 Å². The van der Waals surface area contributed by atoms with Gasteiger partial charge in [-0.25, -0.2) is 0 Å². The van der Waals surface area contributed by atoms with Crippen molar-refractivity contribution in [1.29, 1.82) is 0 Å². The largest absolute Gasteiger partial charge is 0.391 e. The molecule has 0 saturated carbocycles. The van der Waals surface area contributed by atoms with Gasteiger partial charge in [0, 0.05) is 6.54 Å². The molecule has 1 nitrogen and oxygen atoms in total. The Kier molecular flexibility index (Phi) is 2.62. The molecule has 9 heavy (non-hydrogen) atoms. The van der Waals surface area contributed by atoms with Crippen LogP contribution < -0.4 is 5.32 Å². The minimum Gasteiger partial charge on any atom is -0.391 e. The van der Waals surface area contributed by atoms with Gasteiger partial charge >= 0.3 is 0 Å². The molecule has 0 aromatic heterocycles. The zero-order chi connectivity index (χ0) is 6.53. The van der Waals surface area contributed by atoms with Crippen LogP contribution in [-0.2, 0) is 0 Å². The predicted octanol–water partition coefficient (Wildman–Crippen LogP) is 1.91. The second-order valence-electron chi connectivity index (χ2n) is 2.65. The summed E-state index contributed by atoms with van der Waals surface area (Å²) >= 11 is 0. The van der Waals surface area contributed by atoms with E-state index in [-0.39, 0.29) is 0 Å². The molecule has 0 amide bonds. The van der Waals surface area contributed by atoms with Crippen LogP contribution in [0.15, 0.2) is 12.3 Å². The molecular weight excluding hydrogens is 110 g/mol. The molecule has 0 aromatic rings. The summed E-state index contributed by atoms with van der Waals surface area (Å²) in [7, 11) is 0. The van der Waals surface area contributed by atoms with Crippen LogP contribution in [0.5, 0.6) is 0 Å². The van der Waals surface area contributed by atoms with Crippen molar-refractivity contribution in [2.45, 2.75) is 26.2 Å². The minimum absolute atomic E-state index is 0.858. The molecule has 0 saturated heterocycles. The minimum atomic E-state index is 0.858. The fourth-order valence-corrected chi connectivity index (χ4v) is 1.26. The van der Waals surface area contributed by atoms with Gasteiger partial charge in [0.2, 0.25) is 0 Å². The lowest BCUT2D eigenvalue weighted by Gasteiger charge is -2.15. The molecule has 0 spiro atoms. The third-order valence-electron chi connectivity index (χ3n) is 1.81. The number of rotatable bonds is 2. The summed E-state index contributed by atoms with van der Waals surface area (Å²) < 4.78 is 0. The molecule has 1 aliphatic heterocycles. The van der Waals surface area contributed by atoms with E-state index < -0.39 is 0 Å². The van der Waals surface area contributed by atoms with Gasteiger partial charge in [0.05, 0.1) is 0 Å². The van der Waals surface area contributed by atoms with E-state index >= 15 is 0 Å². The Bertz CT molecular complexity index is 96.7. The van der Waals surface area contributed by atoms with Gasteiger partial charge in [0.25, 0.3) is 0 Å². The molecule has 52 valence electrons. The van der Waals surface area contributed by atoms with Crippen LogP contribution in [0.25, 0.3) is 0 Å². The van der Waals surface area contributed by atoms with Crippen molar-refractivity contribution in [3.05, 3.63) is 12.3 Å². The Morgan fingerprint density at radius 2 is 2.56 bits per heavy atom. The Morgan fingerprint density at radius 3 is 3.11 bits per heavy atom. The molecule has 0 aromatic carbocycles. The molecule has 1 rings (SSSR count). The zero-order valence-corrected chi connectivity index (χ0v) is 6.06. The highest BCUT2D eigenvalue weighted by molar-refractivity contribution is 4.91. The first-order valence-corrected chi connectivity index (χ1v) is 3.83. The van der Waals surface area contributed by atoms with Crippen LogP contribution >= 0.6 is 0 Å². The topological polar surface area (TPSA) is 12.0 Å². The zero-order valence-electron chi connectivity index (χ0n) is 6.06. The number of hydrogen-bond acceptors (Lipinski definition) is 1. The molecule has 1 atom stereocenters. The Labute approximate surface area is 57.1 Å². The van der Waals surface area contributed by atoms with E-state index in [0.717, 1.165) is 5.92 Å². The van der Waals surface area contributed by atoms with Gasteiger partial charge in [0.15, 0.2) is 0 Å². The summed E-state index contributed by atoms with van der Waals surface area (Å²) in [6, 6.07) is 0. The van der Waals surface area contributed by atoms with Gasteiger partial charge in [-0.05, 0) is 25.0 Å². The smallest absolute Gasteiger partial charge is 0.0146 e. The summed E-state index contributed by atoms with van der Waals surface area (Å²) in [4.78, 5) is 0. The normalized spacial score (nSPS) is 25.7. The van der Waals surface area contributed by atoms with Crippen LogP contribution in [0, 0.1) is 5.92 Å². The van der Waals surface area contributed by atoms with Crippen molar-refractivity contribution >= 4 is 0 Å². The first kappa shape index (κ1) is 6.66.